The Labute approximate surface area is 177 Å². The molecule has 0 spiro atoms. The highest BCUT2D eigenvalue weighted by Crippen LogP contribution is 2.31. The quantitative estimate of drug-likeness (QED) is 0.496. The number of carbonyl (C=O) groups is 1. The van der Waals surface area contributed by atoms with Crippen LogP contribution in [-0.2, 0) is 11.3 Å². The molecule has 0 unspecified atom stereocenters. The normalized spacial score (nSPS) is 22.3. The van der Waals surface area contributed by atoms with Gasteiger partial charge < -0.3 is 4.74 Å². The van der Waals surface area contributed by atoms with E-state index < -0.39 is 29.4 Å². The number of amides is 1. The number of hydrogen-bond acceptors (Lipinski definition) is 3. The van der Waals surface area contributed by atoms with E-state index in [-0.39, 0.29) is 42.2 Å². The molecule has 162 valence electrons. The van der Waals surface area contributed by atoms with Crippen molar-refractivity contribution in [2.75, 3.05) is 24.5 Å². The number of anilines is 1. The van der Waals surface area contributed by atoms with E-state index in [9.17, 15) is 22.4 Å². The molecule has 3 aliphatic rings. The number of ether oxygens (including phenoxy) is 1. The number of nitrogens with zero attached hydrogens (tertiary/aromatic N) is 2. The van der Waals surface area contributed by atoms with Crippen LogP contribution in [0, 0.1) is 29.2 Å². The molecule has 2 aromatic rings. The predicted molar refractivity (Wildman–Crippen MR) is 106 cm³/mol. The van der Waals surface area contributed by atoms with E-state index in [1.165, 1.54) is 18.2 Å². The van der Waals surface area contributed by atoms with Crippen molar-refractivity contribution in [1.29, 1.82) is 0 Å². The third kappa shape index (κ3) is 4.70. The molecule has 5 rings (SSSR count). The maximum Gasteiger partial charge on any atom is 0.414 e. The zero-order chi connectivity index (χ0) is 20.5. The number of piperidine rings is 3. The smallest absolute Gasteiger partial charge is 0.414 e. The predicted octanol–water partition coefficient (Wildman–Crippen LogP) is 4.90. The van der Waals surface area contributed by atoms with Crippen LogP contribution in [0.15, 0.2) is 36.4 Å². The van der Waals surface area contributed by atoms with Crippen molar-refractivity contribution >= 4 is 24.2 Å². The van der Waals surface area contributed by atoms with Gasteiger partial charge in [0, 0.05) is 6.54 Å². The zero-order valence-corrected chi connectivity index (χ0v) is 16.8. The van der Waals surface area contributed by atoms with Gasteiger partial charge in [0.25, 0.3) is 0 Å². The SMILES string of the molecule is Cl.O=C(O[C@H]1CN2CCC1CC2)N(Cc1cc(F)c(F)c(F)c1)c1cccc(F)c1. The van der Waals surface area contributed by atoms with Crippen molar-refractivity contribution in [3.05, 3.63) is 65.2 Å². The summed E-state index contributed by atoms with van der Waals surface area (Å²) in [5.41, 5.74) is 0.206. The molecule has 0 aliphatic carbocycles. The second-order valence-corrected chi connectivity index (χ2v) is 7.50. The van der Waals surface area contributed by atoms with Gasteiger partial charge in [-0.1, -0.05) is 6.07 Å². The third-order valence-electron chi connectivity index (χ3n) is 5.57. The van der Waals surface area contributed by atoms with Crippen molar-refractivity contribution in [3.63, 3.8) is 0 Å². The number of hydrogen-bond donors (Lipinski definition) is 0. The highest BCUT2D eigenvalue weighted by molar-refractivity contribution is 5.87. The molecule has 3 heterocycles. The first-order valence-corrected chi connectivity index (χ1v) is 9.50. The summed E-state index contributed by atoms with van der Waals surface area (Å²) in [5.74, 6) is -4.60. The van der Waals surface area contributed by atoms with Crippen molar-refractivity contribution in [2.24, 2.45) is 5.92 Å². The number of fused-ring (bicyclic) bond motifs is 3. The Balaban J connectivity index is 0.00000256. The molecule has 4 nitrogen and oxygen atoms in total. The minimum Gasteiger partial charge on any atom is -0.444 e. The number of rotatable bonds is 4. The van der Waals surface area contributed by atoms with Crippen LogP contribution in [0.25, 0.3) is 0 Å². The molecular weight excluding hydrogens is 424 g/mol. The summed E-state index contributed by atoms with van der Waals surface area (Å²) in [4.78, 5) is 16.3. The Morgan fingerprint density at radius 2 is 1.73 bits per heavy atom. The molecule has 1 atom stereocenters. The van der Waals surface area contributed by atoms with Crippen LogP contribution in [0.2, 0.25) is 0 Å². The van der Waals surface area contributed by atoms with E-state index in [2.05, 4.69) is 4.90 Å². The summed E-state index contributed by atoms with van der Waals surface area (Å²) in [7, 11) is 0. The Kier molecular flexibility index (Phi) is 6.88. The average molecular weight is 445 g/mol. The summed E-state index contributed by atoms with van der Waals surface area (Å²) in [6.45, 7) is 2.28. The first-order valence-electron chi connectivity index (χ1n) is 9.50. The molecule has 0 N–H and O–H groups in total. The third-order valence-corrected chi connectivity index (χ3v) is 5.57. The van der Waals surface area contributed by atoms with Crippen LogP contribution in [-0.4, -0.2) is 36.7 Å². The molecule has 1 amide bonds. The molecule has 9 heteroatoms. The molecule has 3 aliphatic heterocycles. The first kappa shape index (κ1) is 22.4. The Bertz CT molecular complexity index is 899. The van der Waals surface area contributed by atoms with Crippen LogP contribution in [0.5, 0.6) is 0 Å². The number of halogens is 5. The van der Waals surface area contributed by atoms with Crippen molar-refractivity contribution in [2.45, 2.75) is 25.5 Å². The average Bonchev–Trinajstić information content (AvgIpc) is 2.71. The summed E-state index contributed by atoms with van der Waals surface area (Å²) in [5, 5.41) is 0. The van der Waals surface area contributed by atoms with Crippen LogP contribution in [0.1, 0.15) is 18.4 Å². The topological polar surface area (TPSA) is 32.8 Å². The van der Waals surface area contributed by atoms with Gasteiger partial charge in [-0.15, -0.1) is 12.4 Å². The van der Waals surface area contributed by atoms with E-state index in [1.807, 2.05) is 0 Å². The fourth-order valence-corrected chi connectivity index (χ4v) is 4.02. The van der Waals surface area contributed by atoms with Crippen LogP contribution in [0.4, 0.5) is 28.0 Å². The largest absolute Gasteiger partial charge is 0.444 e. The van der Waals surface area contributed by atoms with Gasteiger partial charge in [0.15, 0.2) is 17.5 Å². The highest BCUT2D eigenvalue weighted by Gasteiger charge is 2.37. The van der Waals surface area contributed by atoms with E-state index in [4.69, 9.17) is 4.74 Å². The molecule has 2 aromatic carbocycles. The molecular formula is C21H21ClF4N2O2. The lowest BCUT2D eigenvalue weighted by Gasteiger charge is -2.44. The Hall–Kier alpha value is -2.32. The molecule has 0 aromatic heterocycles. The maximum absolute atomic E-state index is 13.7. The van der Waals surface area contributed by atoms with Gasteiger partial charge in [-0.3, -0.25) is 9.80 Å². The second-order valence-electron chi connectivity index (χ2n) is 7.50. The van der Waals surface area contributed by atoms with Gasteiger partial charge in [0.05, 0.1) is 12.2 Å². The highest BCUT2D eigenvalue weighted by atomic mass is 35.5. The van der Waals surface area contributed by atoms with Crippen LogP contribution < -0.4 is 4.90 Å². The summed E-state index contributed by atoms with van der Waals surface area (Å²) in [6.07, 6.45) is 0.848. The molecule has 0 radical (unpaired) electrons. The van der Waals surface area contributed by atoms with E-state index in [1.54, 1.807) is 0 Å². The first-order chi connectivity index (χ1) is 13.9. The van der Waals surface area contributed by atoms with Crippen molar-refractivity contribution in [1.82, 2.24) is 4.90 Å². The van der Waals surface area contributed by atoms with Crippen LogP contribution in [0.3, 0.4) is 0 Å². The van der Waals surface area contributed by atoms with Crippen LogP contribution >= 0.6 is 12.4 Å². The molecule has 2 bridgehead atoms. The van der Waals surface area contributed by atoms with Gasteiger partial charge in [-0.05, 0) is 67.7 Å². The van der Waals surface area contributed by atoms with Gasteiger partial charge >= 0.3 is 6.09 Å². The van der Waals surface area contributed by atoms with Crippen molar-refractivity contribution < 1.29 is 27.1 Å². The molecule has 30 heavy (non-hydrogen) atoms. The fourth-order valence-electron chi connectivity index (χ4n) is 4.02. The van der Waals surface area contributed by atoms with E-state index in [0.717, 1.165) is 49.0 Å². The molecule has 0 saturated carbocycles. The van der Waals surface area contributed by atoms with E-state index >= 15 is 0 Å². The van der Waals surface area contributed by atoms with Gasteiger partial charge in [0.1, 0.15) is 11.9 Å². The number of carbonyl (C=O) groups excluding carboxylic acids is 1. The summed E-state index contributed by atoms with van der Waals surface area (Å²) >= 11 is 0. The summed E-state index contributed by atoms with van der Waals surface area (Å²) in [6, 6.07) is 6.90. The van der Waals surface area contributed by atoms with Gasteiger partial charge in [-0.25, -0.2) is 22.4 Å². The summed E-state index contributed by atoms with van der Waals surface area (Å²) < 4.78 is 59.9. The van der Waals surface area contributed by atoms with E-state index in [0.29, 0.717) is 6.54 Å². The standard InChI is InChI=1S/C21H20F4N2O2.ClH/c22-15-2-1-3-16(10-15)27(11-13-8-17(23)20(25)18(24)9-13)21(28)29-19-12-26-6-4-14(19)5-7-26;/h1-3,8-10,14,19H,4-7,11-12H2;1H/t19-;/m0./s1. The second kappa shape index (κ2) is 9.22. The minimum absolute atomic E-state index is 0. The minimum atomic E-state index is -1.58. The maximum atomic E-state index is 13.7. The monoisotopic (exact) mass is 444 g/mol. The number of benzene rings is 2. The van der Waals surface area contributed by atoms with Crippen molar-refractivity contribution in [3.8, 4) is 0 Å². The Morgan fingerprint density at radius 3 is 2.30 bits per heavy atom. The molecule has 3 saturated heterocycles. The lowest BCUT2D eigenvalue weighted by molar-refractivity contribution is -0.0311. The molecule has 3 fully saturated rings. The fraction of sp³-hybridized carbons (Fsp3) is 0.381. The Morgan fingerprint density at radius 1 is 1.07 bits per heavy atom. The lowest BCUT2D eigenvalue weighted by atomic mass is 9.86. The lowest BCUT2D eigenvalue weighted by Crippen LogP contribution is -2.53. The zero-order valence-electron chi connectivity index (χ0n) is 16.0. The van der Waals surface area contributed by atoms with Gasteiger partial charge in [0.2, 0.25) is 0 Å². The van der Waals surface area contributed by atoms with Gasteiger partial charge in [-0.2, -0.15) is 0 Å².